The smallest absolute Gasteiger partial charge is 0.251 e. The molecule has 6 heteroatoms. The average molecular weight is 282 g/mol. The van der Waals surface area contributed by atoms with Gasteiger partial charge >= 0.3 is 0 Å². The molecule has 0 atom stereocenters. The summed E-state index contributed by atoms with van der Waals surface area (Å²) in [5.41, 5.74) is 6.38. The summed E-state index contributed by atoms with van der Waals surface area (Å²) >= 11 is 0. The lowest BCUT2D eigenvalue weighted by Crippen LogP contribution is -2.33. The Hall–Kier alpha value is -1.56. The first kappa shape index (κ1) is 13.9. The summed E-state index contributed by atoms with van der Waals surface area (Å²) in [5.74, 6) is -0.0796. The van der Waals surface area contributed by atoms with Crippen molar-refractivity contribution in [3.8, 4) is 0 Å². The molecule has 0 spiro atoms. The molecule has 0 heterocycles. The van der Waals surface area contributed by atoms with Crippen LogP contribution in [0.5, 0.6) is 0 Å². The Bertz CT molecular complexity index is 592. The average Bonchev–Trinajstić information content (AvgIpc) is 3.04. The van der Waals surface area contributed by atoms with Gasteiger partial charge in [-0.1, -0.05) is 6.07 Å². The SMILES string of the molecule is CS(=O)(=O)CC1(CNC(=O)c2cccc(N)c2)CC1. The predicted molar refractivity (Wildman–Crippen MR) is 74.6 cm³/mol. The molecule has 5 nitrogen and oxygen atoms in total. The number of carbonyl (C=O) groups excluding carboxylic acids is 1. The quantitative estimate of drug-likeness (QED) is 0.783. The fraction of sp³-hybridized carbons (Fsp3) is 0.462. The van der Waals surface area contributed by atoms with Gasteiger partial charge in [-0.05, 0) is 31.0 Å². The predicted octanol–water partition coefficient (Wildman–Crippen LogP) is 0.823. The molecule has 0 bridgehead atoms. The van der Waals surface area contributed by atoms with E-state index in [4.69, 9.17) is 5.73 Å². The van der Waals surface area contributed by atoms with E-state index in [1.165, 1.54) is 6.26 Å². The lowest BCUT2D eigenvalue weighted by atomic mass is 10.1. The highest BCUT2D eigenvalue weighted by atomic mass is 32.2. The largest absolute Gasteiger partial charge is 0.399 e. The highest BCUT2D eigenvalue weighted by Crippen LogP contribution is 2.46. The number of carbonyl (C=O) groups is 1. The fourth-order valence-electron chi connectivity index (χ4n) is 2.15. The van der Waals surface area contributed by atoms with E-state index in [1.807, 2.05) is 0 Å². The zero-order valence-electron chi connectivity index (χ0n) is 10.8. The molecule has 3 N–H and O–H groups in total. The first-order chi connectivity index (χ1) is 8.80. The van der Waals surface area contributed by atoms with Crippen molar-refractivity contribution in [1.29, 1.82) is 0 Å². The molecule has 1 aromatic carbocycles. The van der Waals surface area contributed by atoms with Crippen LogP contribution in [0.25, 0.3) is 0 Å². The Morgan fingerprint density at radius 3 is 2.63 bits per heavy atom. The van der Waals surface area contributed by atoms with Crippen LogP contribution in [0.4, 0.5) is 5.69 Å². The van der Waals surface area contributed by atoms with Crippen LogP contribution in [0.2, 0.25) is 0 Å². The van der Waals surface area contributed by atoms with E-state index in [2.05, 4.69) is 5.32 Å². The van der Waals surface area contributed by atoms with Crippen LogP contribution >= 0.6 is 0 Å². The van der Waals surface area contributed by atoms with E-state index in [0.29, 0.717) is 17.8 Å². The molecule has 0 radical (unpaired) electrons. The first-order valence-corrected chi connectivity index (χ1v) is 8.17. The summed E-state index contributed by atoms with van der Waals surface area (Å²) in [7, 11) is -3.01. The van der Waals surface area contributed by atoms with Crippen molar-refractivity contribution in [3.63, 3.8) is 0 Å². The van der Waals surface area contributed by atoms with Crippen LogP contribution in [-0.2, 0) is 9.84 Å². The van der Waals surface area contributed by atoms with Crippen molar-refractivity contribution in [2.24, 2.45) is 5.41 Å². The van der Waals surface area contributed by atoms with Gasteiger partial charge in [0.2, 0.25) is 0 Å². The second-order valence-corrected chi connectivity index (χ2v) is 7.52. The molecule has 1 aromatic rings. The van der Waals surface area contributed by atoms with Gasteiger partial charge in [0.1, 0.15) is 9.84 Å². The van der Waals surface area contributed by atoms with Gasteiger partial charge in [0, 0.05) is 29.5 Å². The summed E-state index contributed by atoms with van der Waals surface area (Å²) in [4.78, 5) is 11.9. The highest BCUT2D eigenvalue weighted by Gasteiger charge is 2.45. The molecular formula is C13H18N2O3S. The Kier molecular flexibility index (Phi) is 3.54. The fourth-order valence-corrected chi connectivity index (χ4v) is 3.66. The van der Waals surface area contributed by atoms with Gasteiger partial charge in [0.15, 0.2) is 0 Å². The summed E-state index contributed by atoms with van der Waals surface area (Å²) in [6, 6.07) is 6.71. The van der Waals surface area contributed by atoms with E-state index in [1.54, 1.807) is 24.3 Å². The minimum Gasteiger partial charge on any atom is -0.399 e. The number of anilines is 1. The van der Waals surface area contributed by atoms with Crippen molar-refractivity contribution in [2.45, 2.75) is 12.8 Å². The van der Waals surface area contributed by atoms with Gasteiger partial charge in [-0.25, -0.2) is 8.42 Å². The molecule has 1 amide bonds. The molecule has 0 aromatic heterocycles. The molecule has 1 aliphatic rings. The molecule has 0 unspecified atom stereocenters. The minimum absolute atomic E-state index is 0.136. The van der Waals surface area contributed by atoms with Crippen molar-refractivity contribution < 1.29 is 13.2 Å². The van der Waals surface area contributed by atoms with Gasteiger partial charge in [-0.15, -0.1) is 0 Å². The molecule has 1 aliphatic carbocycles. The van der Waals surface area contributed by atoms with Crippen LogP contribution < -0.4 is 11.1 Å². The number of nitrogens with two attached hydrogens (primary N) is 1. The molecule has 1 saturated carbocycles. The first-order valence-electron chi connectivity index (χ1n) is 6.11. The van der Waals surface area contributed by atoms with Crippen LogP contribution in [0.15, 0.2) is 24.3 Å². The second-order valence-electron chi connectivity index (χ2n) is 5.38. The Morgan fingerprint density at radius 1 is 1.42 bits per heavy atom. The van der Waals surface area contributed by atoms with Gasteiger partial charge in [0.25, 0.3) is 5.91 Å². The van der Waals surface area contributed by atoms with Crippen LogP contribution in [-0.4, -0.2) is 32.9 Å². The second kappa shape index (κ2) is 4.85. The maximum atomic E-state index is 11.9. The number of benzene rings is 1. The lowest BCUT2D eigenvalue weighted by molar-refractivity contribution is 0.0946. The molecule has 1 fully saturated rings. The van der Waals surface area contributed by atoms with Gasteiger partial charge in [-0.2, -0.15) is 0 Å². The van der Waals surface area contributed by atoms with E-state index in [0.717, 1.165) is 12.8 Å². The third kappa shape index (κ3) is 3.96. The summed E-state index contributed by atoms with van der Waals surface area (Å²) in [5, 5.41) is 2.79. The van der Waals surface area contributed by atoms with Crippen LogP contribution in [0.3, 0.4) is 0 Å². The van der Waals surface area contributed by atoms with Crippen molar-refractivity contribution in [2.75, 3.05) is 24.3 Å². The van der Waals surface area contributed by atoms with Crippen molar-refractivity contribution in [3.05, 3.63) is 29.8 Å². The monoisotopic (exact) mass is 282 g/mol. The molecule has 19 heavy (non-hydrogen) atoms. The Balaban J connectivity index is 1.94. The lowest BCUT2D eigenvalue weighted by Gasteiger charge is -2.15. The molecule has 104 valence electrons. The number of sulfone groups is 1. The molecule has 0 saturated heterocycles. The number of rotatable bonds is 5. The number of nitrogens with one attached hydrogen (secondary N) is 1. The third-order valence-corrected chi connectivity index (χ3v) is 4.43. The summed E-state index contributed by atoms with van der Waals surface area (Å²) < 4.78 is 22.6. The van der Waals surface area contributed by atoms with Crippen molar-refractivity contribution >= 4 is 21.4 Å². The van der Waals surface area contributed by atoms with Gasteiger partial charge < -0.3 is 11.1 Å². The molecular weight excluding hydrogens is 264 g/mol. The maximum Gasteiger partial charge on any atom is 0.251 e. The van der Waals surface area contributed by atoms with Gasteiger partial charge in [0.05, 0.1) is 5.75 Å². The van der Waals surface area contributed by atoms with E-state index in [-0.39, 0.29) is 17.1 Å². The van der Waals surface area contributed by atoms with Crippen molar-refractivity contribution in [1.82, 2.24) is 5.32 Å². The summed E-state index contributed by atoms with van der Waals surface area (Å²) in [6.07, 6.45) is 2.92. The normalized spacial score (nSPS) is 16.9. The standard InChI is InChI=1S/C13H18N2O3S/c1-19(17,18)9-13(5-6-13)8-15-12(16)10-3-2-4-11(14)7-10/h2-4,7H,5-6,8-9,14H2,1H3,(H,15,16). The maximum absolute atomic E-state index is 11.9. The number of nitrogen functional groups attached to an aromatic ring is 1. The highest BCUT2D eigenvalue weighted by molar-refractivity contribution is 7.90. The molecule has 2 rings (SSSR count). The number of hydrogen-bond acceptors (Lipinski definition) is 4. The molecule has 0 aliphatic heterocycles. The Labute approximate surface area is 113 Å². The van der Waals surface area contributed by atoms with Gasteiger partial charge in [-0.3, -0.25) is 4.79 Å². The topological polar surface area (TPSA) is 89.3 Å². The Morgan fingerprint density at radius 2 is 2.11 bits per heavy atom. The minimum atomic E-state index is -3.01. The van der Waals surface area contributed by atoms with E-state index in [9.17, 15) is 13.2 Å². The summed E-state index contributed by atoms with van der Waals surface area (Å²) in [6.45, 7) is 0.397. The van der Waals surface area contributed by atoms with Crippen LogP contribution in [0.1, 0.15) is 23.2 Å². The van der Waals surface area contributed by atoms with E-state index < -0.39 is 9.84 Å². The number of amides is 1. The van der Waals surface area contributed by atoms with E-state index >= 15 is 0 Å². The zero-order chi connectivity index (χ0) is 14.1. The number of hydrogen-bond donors (Lipinski definition) is 2. The zero-order valence-corrected chi connectivity index (χ0v) is 11.7. The van der Waals surface area contributed by atoms with Crippen LogP contribution in [0, 0.1) is 5.41 Å². The third-order valence-electron chi connectivity index (χ3n) is 3.30.